The van der Waals surface area contributed by atoms with Gasteiger partial charge >= 0.3 is 0 Å². The highest BCUT2D eigenvalue weighted by atomic mass is 35.5. The monoisotopic (exact) mass is 396 g/mol. The van der Waals surface area contributed by atoms with E-state index in [1.54, 1.807) is 23.7 Å². The number of benzene rings is 1. The van der Waals surface area contributed by atoms with Gasteiger partial charge in [0, 0.05) is 29.2 Å². The molecule has 0 N–H and O–H groups in total. The summed E-state index contributed by atoms with van der Waals surface area (Å²) in [6, 6.07) is 5.86. The Morgan fingerprint density at radius 3 is 2.85 bits per heavy atom. The molecule has 0 aliphatic carbocycles. The number of aromatic nitrogens is 3. The maximum absolute atomic E-state index is 12.4. The predicted octanol–water partition coefficient (Wildman–Crippen LogP) is 4.79. The van der Waals surface area contributed by atoms with Crippen molar-refractivity contribution < 1.29 is 8.78 Å². The lowest BCUT2D eigenvalue weighted by atomic mass is 9.97. The van der Waals surface area contributed by atoms with Gasteiger partial charge in [-0.25, -0.2) is 13.8 Å². The predicted molar refractivity (Wildman–Crippen MR) is 100 cm³/mol. The number of rotatable bonds is 5. The number of nitrogens with zero attached hydrogens (tertiary/aromatic N) is 4. The van der Waals surface area contributed by atoms with Crippen molar-refractivity contribution in [3.8, 4) is 0 Å². The third kappa shape index (κ3) is 4.05. The molecule has 4 nitrogen and oxygen atoms in total. The first-order valence-corrected chi connectivity index (χ1v) is 9.84. The number of thiazole rings is 1. The molecule has 1 aliphatic heterocycles. The summed E-state index contributed by atoms with van der Waals surface area (Å²) in [5.74, 6) is 0.476. The van der Waals surface area contributed by atoms with Gasteiger partial charge in [0.25, 0.3) is 6.43 Å². The summed E-state index contributed by atoms with van der Waals surface area (Å²) in [6.45, 7) is 2.36. The fraction of sp³-hybridized carbons (Fsp3) is 0.444. The standard InChI is InChI=1S/C18H19ClF2N4S/c19-14-1-2-16-15(7-14)23-18(26-16)13-3-5-24(6-4-13)9-12-8-22-25(10-12)11-17(20)21/h1-2,7-8,10,13,17H,3-6,9,11H2. The zero-order chi connectivity index (χ0) is 18.1. The Morgan fingerprint density at radius 2 is 2.08 bits per heavy atom. The molecule has 1 aliphatic rings. The molecule has 1 aromatic carbocycles. The smallest absolute Gasteiger partial charge is 0.257 e. The third-order valence-corrected chi connectivity index (χ3v) is 6.15. The lowest BCUT2D eigenvalue weighted by molar-refractivity contribution is 0.121. The highest BCUT2D eigenvalue weighted by Crippen LogP contribution is 2.34. The molecule has 3 heterocycles. The van der Waals surface area contributed by atoms with E-state index in [-0.39, 0.29) is 6.54 Å². The maximum Gasteiger partial charge on any atom is 0.257 e. The van der Waals surface area contributed by atoms with E-state index in [4.69, 9.17) is 16.6 Å². The van der Waals surface area contributed by atoms with Crippen LogP contribution >= 0.6 is 22.9 Å². The summed E-state index contributed by atoms with van der Waals surface area (Å²) in [5.41, 5.74) is 1.96. The highest BCUT2D eigenvalue weighted by molar-refractivity contribution is 7.18. The first-order chi connectivity index (χ1) is 12.6. The van der Waals surface area contributed by atoms with Crippen LogP contribution in [0.5, 0.6) is 0 Å². The van der Waals surface area contributed by atoms with Gasteiger partial charge in [0.2, 0.25) is 0 Å². The minimum atomic E-state index is -2.37. The van der Waals surface area contributed by atoms with Crippen molar-refractivity contribution in [3.05, 3.63) is 46.2 Å². The number of fused-ring (bicyclic) bond motifs is 1. The van der Waals surface area contributed by atoms with Crippen molar-refractivity contribution in [1.82, 2.24) is 19.7 Å². The van der Waals surface area contributed by atoms with Crippen LogP contribution < -0.4 is 0 Å². The second-order valence-electron chi connectivity index (χ2n) is 6.68. The number of alkyl halides is 2. The Bertz CT molecular complexity index is 886. The molecular formula is C18H19ClF2N4S. The van der Waals surface area contributed by atoms with Crippen LogP contribution in [0, 0.1) is 0 Å². The molecule has 0 atom stereocenters. The van der Waals surface area contributed by atoms with Crippen molar-refractivity contribution in [2.24, 2.45) is 0 Å². The second-order valence-corrected chi connectivity index (χ2v) is 8.17. The molecule has 8 heteroatoms. The highest BCUT2D eigenvalue weighted by Gasteiger charge is 2.23. The van der Waals surface area contributed by atoms with Crippen LogP contribution in [0.25, 0.3) is 10.2 Å². The number of piperidine rings is 1. The Labute approximate surface area is 159 Å². The summed E-state index contributed by atoms with van der Waals surface area (Å²) >= 11 is 7.80. The van der Waals surface area contributed by atoms with Crippen LogP contribution in [0.3, 0.4) is 0 Å². The van der Waals surface area contributed by atoms with Crippen molar-refractivity contribution in [2.75, 3.05) is 13.1 Å². The van der Waals surface area contributed by atoms with E-state index < -0.39 is 6.43 Å². The Morgan fingerprint density at radius 1 is 1.27 bits per heavy atom. The van der Waals surface area contributed by atoms with Gasteiger partial charge < -0.3 is 0 Å². The number of hydrogen-bond acceptors (Lipinski definition) is 4. The molecule has 3 aromatic rings. The van der Waals surface area contributed by atoms with E-state index in [1.165, 1.54) is 14.4 Å². The molecule has 138 valence electrons. The van der Waals surface area contributed by atoms with Crippen LogP contribution in [-0.2, 0) is 13.1 Å². The van der Waals surface area contributed by atoms with E-state index in [2.05, 4.69) is 10.00 Å². The molecule has 0 amide bonds. The van der Waals surface area contributed by atoms with E-state index >= 15 is 0 Å². The topological polar surface area (TPSA) is 34.0 Å². The number of hydrogen-bond donors (Lipinski definition) is 0. The van der Waals surface area contributed by atoms with Crippen molar-refractivity contribution in [1.29, 1.82) is 0 Å². The van der Waals surface area contributed by atoms with Gasteiger partial charge in [-0.3, -0.25) is 9.58 Å². The van der Waals surface area contributed by atoms with E-state index in [0.717, 1.165) is 48.6 Å². The molecule has 0 unspecified atom stereocenters. The molecule has 0 bridgehead atoms. The van der Waals surface area contributed by atoms with Gasteiger partial charge in [-0.2, -0.15) is 5.10 Å². The molecule has 1 fully saturated rings. The van der Waals surface area contributed by atoms with Crippen LogP contribution in [0.15, 0.2) is 30.6 Å². The molecule has 2 aromatic heterocycles. The number of likely N-dealkylation sites (tertiary alicyclic amines) is 1. The molecule has 26 heavy (non-hydrogen) atoms. The van der Waals surface area contributed by atoms with Crippen LogP contribution in [0.1, 0.15) is 29.3 Å². The van der Waals surface area contributed by atoms with E-state index in [1.807, 2.05) is 18.2 Å². The normalized spacial score (nSPS) is 16.8. The molecule has 0 saturated carbocycles. The lowest BCUT2D eigenvalue weighted by Gasteiger charge is -2.30. The zero-order valence-electron chi connectivity index (χ0n) is 14.1. The Hall–Kier alpha value is -1.57. The maximum atomic E-state index is 12.4. The van der Waals surface area contributed by atoms with Crippen molar-refractivity contribution >= 4 is 33.2 Å². The summed E-state index contributed by atoms with van der Waals surface area (Å²) in [6.07, 6.45) is 3.14. The quantitative estimate of drug-likeness (QED) is 0.621. The van der Waals surface area contributed by atoms with E-state index in [0.29, 0.717) is 5.92 Å². The Kier molecular flexibility index (Phi) is 5.20. The first-order valence-electron chi connectivity index (χ1n) is 8.64. The van der Waals surface area contributed by atoms with Crippen molar-refractivity contribution in [2.45, 2.75) is 38.3 Å². The van der Waals surface area contributed by atoms with Gasteiger partial charge in [-0.05, 0) is 44.1 Å². The summed E-state index contributed by atoms with van der Waals surface area (Å²) < 4.78 is 27.3. The summed E-state index contributed by atoms with van der Waals surface area (Å²) in [4.78, 5) is 7.12. The average molecular weight is 397 g/mol. The Balaban J connectivity index is 1.35. The molecule has 1 saturated heterocycles. The van der Waals surface area contributed by atoms with E-state index in [9.17, 15) is 8.78 Å². The largest absolute Gasteiger partial charge is 0.299 e. The van der Waals surface area contributed by atoms with Crippen LogP contribution in [0.2, 0.25) is 5.02 Å². The SMILES string of the molecule is FC(F)Cn1cc(CN2CCC(c3nc4cc(Cl)ccc4s3)CC2)cn1. The van der Waals surface area contributed by atoms with Gasteiger partial charge in [0.1, 0.15) is 6.54 Å². The van der Waals surface area contributed by atoms with Gasteiger partial charge in [-0.1, -0.05) is 11.6 Å². The summed E-state index contributed by atoms with van der Waals surface area (Å²) in [7, 11) is 0. The fourth-order valence-corrected chi connectivity index (χ4v) is 4.70. The van der Waals surface area contributed by atoms with Gasteiger partial charge in [0.05, 0.1) is 21.4 Å². The summed E-state index contributed by atoms with van der Waals surface area (Å²) in [5, 5.41) is 5.91. The van der Waals surface area contributed by atoms with Crippen LogP contribution in [-0.4, -0.2) is 39.2 Å². The molecular weight excluding hydrogens is 378 g/mol. The molecule has 4 rings (SSSR count). The second kappa shape index (κ2) is 7.58. The van der Waals surface area contributed by atoms with Gasteiger partial charge in [0.15, 0.2) is 0 Å². The minimum absolute atomic E-state index is 0.344. The van der Waals surface area contributed by atoms with Gasteiger partial charge in [-0.15, -0.1) is 11.3 Å². The molecule has 0 spiro atoms. The molecule has 0 radical (unpaired) electrons. The zero-order valence-corrected chi connectivity index (χ0v) is 15.7. The lowest BCUT2D eigenvalue weighted by Crippen LogP contribution is -2.32. The number of halogens is 3. The fourth-order valence-electron chi connectivity index (χ4n) is 3.42. The average Bonchev–Trinajstić information content (AvgIpc) is 3.21. The minimum Gasteiger partial charge on any atom is -0.299 e. The first kappa shape index (κ1) is 17.8. The van der Waals surface area contributed by atoms with Crippen LogP contribution in [0.4, 0.5) is 8.78 Å². The third-order valence-electron chi connectivity index (χ3n) is 4.72. The van der Waals surface area contributed by atoms with Crippen molar-refractivity contribution in [3.63, 3.8) is 0 Å².